The van der Waals surface area contributed by atoms with Crippen molar-refractivity contribution in [3.63, 3.8) is 0 Å². The van der Waals surface area contributed by atoms with Gasteiger partial charge >= 0.3 is 0 Å². The highest BCUT2D eigenvalue weighted by Crippen LogP contribution is 2.33. The van der Waals surface area contributed by atoms with Crippen LogP contribution in [0.15, 0.2) is 48.5 Å². The van der Waals surface area contributed by atoms with Gasteiger partial charge in [-0.05, 0) is 36.6 Å². The number of nitrogens with zero attached hydrogens (tertiary/aromatic N) is 2. The van der Waals surface area contributed by atoms with E-state index in [1.807, 2.05) is 44.3 Å². The molecule has 156 valence electrons. The minimum atomic E-state index is -0.249. The lowest BCUT2D eigenvalue weighted by molar-refractivity contribution is 0.0953. The van der Waals surface area contributed by atoms with Gasteiger partial charge in [0.2, 0.25) is 0 Å². The minimum Gasteiger partial charge on any atom is -0.392 e. The van der Waals surface area contributed by atoms with Gasteiger partial charge in [-0.3, -0.25) is 9.69 Å². The maximum atomic E-state index is 12.2. The molecule has 29 heavy (non-hydrogen) atoms. The molecule has 1 saturated heterocycles. The average Bonchev–Trinajstić information content (AvgIpc) is 3.15. The third kappa shape index (κ3) is 5.50. The minimum absolute atomic E-state index is 0.0822. The monoisotopic (exact) mass is 415 g/mol. The number of amides is 1. The number of aliphatic hydroxyl groups is 1. The van der Waals surface area contributed by atoms with Crippen molar-refractivity contribution in [3.8, 4) is 0 Å². The van der Waals surface area contributed by atoms with Gasteiger partial charge in [0.1, 0.15) is 0 Å². The topological polar surface area (TPSA) is 55.8 Å². The molecule has 2 N–H and O–H groups in total. The van der Waals surface area contributed by atoms with Crippen molar-refractivity contribution in [2.45, 2.75) is 31.9 Å². The van der Waals surface area contributed by atoms with Crippen molar-refractivity contribution < 1.29 is 9.90 Å². The zero-order valence-electron chi connectivity index (χ0n) is 17.1. The van der Waals surface area contributed by atoms with E-state index < -0.39 is 0 Å². The summed E-state index contributed by atoms with van der Waals surface area (Å²) in [4.78, 5) is 16.7. The number of halogens is 1. The highest BCUT2D eigenvalue weighted by atomic mass is 35.5. The van der Waals surface area contributed by atoms with Crippen LogP contribution in [0, 0.1) is 0 Å². The third-order valence-electron chi connectivity index (χ3n) is 5.46. The second-order valence-electron chi connectivity index (χ2n) is 7.66. The molecule has 6 heteroatoms. The van der Waals surface area contributed by atoms with Gasteiger partial charge in [-0.2, -0.15) is 0 Å². The average molecular weight is 416 g/mol. The van der Waals surface area contributed by atoms with Crippen LogP contribution in [-0.4, -0.2) is 55.2 Å². The van der Waals surface area contributed by atoms with Gasteiger partial charge in [0.05, 0.1) is 22.9 Å². The third-order valence-corrected chi connectivity index (χ3v) is 5.76. The van der Waals surface area contributed by atoms with Gasteiger partial charge in [0.25, 0.3) is 5.91 Å². The van der Waals surface area contributed by atoms with Crippen LogP contribution in [0.5, 0.6) is 0 Å². The van der Waals surface area contributed by atoms with Crippen molar-refractivity contribution in [1.29, 1.82) is 0 Å². The predicted molar refractivity (Wildman–Crippen MR) is 119 cm³/mol. The summed E-state index contributed by atoms with van der Waals surface area (Å²) in [5.74, 6) is -0.103. The Morgan fingerprint density at radius 1 is 1.31 bits per heavy atom. The first-order valence-corrected chi connectivity index (χ1v) is 10.6. The highest BCUT2D eigenvalue weighted by Gasteiger charge is 2.27. The Balaban J connectivity index is 1.83. The molecule has 0 spiro atoms. The maximum Gasteiger partial charge on any atom is 0.251 e. The van der Waals surface area contributed by atoms with Crippen LogP contribution in [-0.2, 0) is 0 Å². The molecule has 2 aromatic rings. The summed E-state index contributed by atoms with van der Waals surface area (Å²) in [5.41, 5.74) is 2.64. The number of hydrogen-bond donors (Lipinski definition) is 2. The van der Waals surface area contributed by atoms with Crippen molar-refractivity contribution >= 4 is 23.2 Å². The van der Waals surface area contributed by atoms with E-state index in [9.17, 15) is 9.90 Å². The van der Waals surface area contributed by atoms with Crippen molar-refractivity contribution in [2.24, 2.45) is 0 Å². The fourth-order valence-electron chi connectivity index (χ4n) is 3.79. The zero-order valence-corrected chi connectivity index (χ0v) is 17.9. The smallest absolute Gasteiger partial charge is 0.251 e. The quantitative estimate of drug-likeness (QED) is 0.689. The second kappa shape index (κ2) is 10.1. The molecule has 1 amide bonds. The van der Waals surface area contributed by atoms with Crippen LogP contribution in [0.1, 0.15) is 41.7 Å². The van der Waals surface area contributed by atoms with Crippen LogP contribution in [0.25, 0.3) is 0 Å². The molecule has 0 saturated carbocycles. The van der Waals surface area contributed by atoms with Crippen LogP contribution < -0.4 is 10.2 Å². The highest BCUT2D eigenvalue weighted by molar-refractivity contribution is 6.33. The summed E-state index contributed by atoms with van der Waals surface area (Å²) in [7, 11) is 2.03. The predicted octanol–water partition coefficient (Wildman–Crippen LogP) is 3.72. The number of benzene rings is 2. The van der Waals surface area contributed by atoms with Gasteiger partial charge in [-0.15, -0.1) is 0 Å². The number of likely N-dealkylation sites (tertiary alicyclic amines) is 1. The van der Waals surface area contributed by atoms with Gasteiger partial charge in [-0.25, -0.2) is 0 Å². The zero-order chi connectivity index (χ0) is 20.8. The van der Waals surface area contributed by atoms with Crippen LogP contribution in [0.4, 0.5) is 5.69 Å². The van der Waals surface area contributed by atoms with Crippen LogP contribution in [0.3, 0.4) is 0 Å². The Morgan fingerprint density at radius 2 is 2.07 bits per heavy atom. The summed E-state index contributed by atoms with van der Waals surface area (Å²) in [5, 5.41) is 13.4. The van der Waals surface area contributed by atoms with Crippen LogP contribution >= 0.6 is 11.6 Å². The van der Waals surface area contributed by atoms with Gasteiger partial charge in [0.15, 0.2) is 0 Å². The van der Waals surface area contributed by atoms with E-state index in [0.717, 1.165) is 31.6 Å². The van der Waals surface area contributed by atoms with E-state index in [4.69, 9.17) is 11.6 Å². The molecule has 0 bridgehead atoms. The number of hydrogen-bond acceptors (Lipinski definition) is 4. The molecule has 0 radical (unpaired) electrons. The largest absolute Gasteiger partial charge is 0.392 e. The molecule has 1 aliphatic heterocycles. The van der Waals surface area contributed by atoms with Crippen LogP contribution in [0.2, 0.25) is 5.02 Å². The summed E-state index contributed by atoms with van der Waals surface area (Å²) in [6.07, 6.45) is 1.46. The molecule has 3 rings (SSSR count). The van der Waals surface area contributed by atoms with Crippen molar-refractivity contribution in [1.82, 2.24) is 10.2 Å². The molecule has 2 atom stereocenters. The molecule has 1 fully saturated rings. The van der Waals surface area contributed by atoms with Gasteiger partial charge in [0, 0.05) is 38.8 Å². The lowest BCUT2D eigenvalue weighted by Crippen LogP contribution is -2.36. The number of carbonyl (C=O) groups excluding carboxylic acids is 1. The SMILES string of the molecule is CCCNC(=O)c1ccc(N(C)C(CN2CCC(O)C2)c2ccccc2)c(Cl)c1. The number of carbonyl (C=O) groups is 1. The molecule has 2 unspecified atom stereocenters. The molecule has 5 nitrogen and oxygen atoms in total. The Hall–Kier alpha value is -2.08. The van der Waals surface area contributed by atoms with E-state index in [0.29, 0.717) is 23.7 Å². The van der Waals surface area contributed by atoms with E-state index >= 15 is 0 Å². The van der Waals surface area contributed by atoms with Gasteiger partial charge in [-0.1, -0.05) is 48.9 Å². The fraction of sp³-hybridized carbons (Fsp3) is 0.435. The first-order valence-electron chi connectivity index (χ1n) is 10.3. The number of anilines is 1. The van der Waals surface area contributed by atoms with E-state index in [1.54, 1.807) is 6.07 Å². The summed E-state index contributed by atoms with van der Waals surface area (Å²) >= 11 is 6.60. The standard InChI is InChI=1S/C23H30ClN3O2/c1-3-12-25-23(29)18-9-10-21(20(24)14-18)26(2)22(17-7-5-4-6-8-17)16-27-13-11-19(28)15-27/h4-10,14,19,22,28H,3,11-13,15-16H2,1-2H3,(H,25,29). The molecular formula is C23H30ClN3O2. The molecule has 1 aliphatic rings. The van der Waals surface area contributed by atoms with Crippen molar-refractivity contribution in [3.05, 3.63) is 64.7 Å². The maximum absolute atomic E-state index is 12.2. The number of aliphatic hydroxyl groups excluding tert-OH is 1. The Bertz CT molecular complexity index is 815. The lowest BCUT2D eigenvalue weighted by Gasteiger charge is -2.34. The second-order valence-corrected chi connectivity index (χ2v) is 8.07. The lowest BCUT2D eigenvalue weighted by atomic mass is 10.0. The first kappa shape index (κ1) is 21.6. The summed E-state index contributed by atoms with van der Waals surface area (Å²) in [6.45, 7) is 5.06. The number of β-amino-alcohol motifs (C(OH)–C–C–N with tert-alkyl or cyclic N) is 1. The molecule has 0 aliphatic carbocycles. The van der Waals surface area contributed by atoms with E-state index in [2.05, 4.69) is 27.2 Å². The normalized spacial score (nSPS) is 17.9. The number of rotatable bonds is 8. The van der Waals surface area contributed by atoms with E-state index in [-0.39, 0.29) is 18.1 Å². The Morgan fingerprint density at radius 3 is 2.69 bits per heavy atom. The molecular weight excluding hydrogens is 386 g/mol. The Labute approximate surface area is 178 Å². The molecule has 2 aromatic carbocycles. The van der Waals surface area contributed by atoms with Gasteiger partial charge < -0.3 is 15.3 Å². The number of nitrogens with one attached hydrogen (secondary N) is 1. The van der Waals surface area contributed by atoms with Crippen molar-refractivity contribution in [2.75, 3.05) is 38.1 Å². The van der Waals surface area contributed by atoms with E-state index in [1.165, 1.54) is 5.56 Å². The fourth-order valence-corrected chi connectivity index (χ4v) is 4.11. The molecule has 0 aromatic heterocycles. The summed E-state index contributed by atoms with van der Waals surface area (Å²) < 4.78 is 0. The first-order chi connectivity index (χ1) is 14.0. The number of likely N-dealkylation sites (N-methyl/N-ethyl adjacent to an activating group) is 1. The summed E-state index contributed by atoms with van der Waals surface area (Å²) in [6, 6.07) is 15.9. The molecule has 1 heterocycles. The Kier molecular flexibility index (Phi) is 7.53.